The largest absolute Gasteiger partial charge is 0.463 e. The van der Waals surface area contributed by atoms with Gasteiger partial charge < -0.3 is 4.74 Å². The van der Waals surface area contributed by atoms with Crippen LogP contribution in [0.4, 0.5) is 5.69 Å². The van der Waals surface area contributed by atoms with Crippen LogP contribution >= 0.6 is 11.3 Å². The van der Waals surface area contributed by atoms with Crippen molar-refractivity contribution in [3.05, 3.63) is 103 Å². The highest BCUT2D eigenvalue weighted by Gasteiger charge is 2.37. The monoisotopic (exact) mass is 513 g/mol. The third kappa shape index (κ3) is 4.07. The molecule has 8 nitrogen and oxygen atoms in total. The molecule has 37 heavy (non-hydrogen) atoms. The summed E-state index contributed by atoms with van der Waals surface area (Å²) in [5.41, 5.74) is 2.20. The van der Waals surface area contributed by atoms with Crippen molar-refractivity contribution < 1.29 is 19.1 Å². The third-order valence-corrected chi connectivity index (χ3v) is 7.23. The molecule has 1 unspecified atom stereocenters. The Hall–Kier alpha value is -4.37. The minimum atomic E-state index is -0.791. The summed E-state index contributed by atoms with van der Waals surface area (Å²) < 4.78 is 6.87. The van der Waals surface area contributed by atoms with Gasteiger partial charge in [-0.15, -0.1) is 0 Å². The van der Waals surface area contributed by atoms with E-state index in [-0.39, 0.29) is 22.3 Å². The van der Waals surface area contributed by atoms with Crippen LogP contribution in [0.2, 0.25) is 0 Å². The number of amides is 2. The molecule has 0 N–H and O–H groups in total. The van der Waals surface area contributed by atoms with Crippen LogP contribution in [-0.2, 0) is 19.1 Å². The van der Waals surface area contributed by atoms with Gasteiger partial charge in [0.2, 0.25) is 5.91 Å². The highest BCUT2D eigenvalue weighted by atomic mass is 32.1. The van der Waals surface area contributed by atoms with Crippen LogP contribution in [0.3, 0.4) is 0 Å². The van der Waals surface area contributed by atoms with Gasteiger partial charge >= 0.3 is 5.97 Å². The minimum Gasteiger partial charge on any atom is -0.463 e. The Kier molecular flexibility index (Phi) is 6.31. The number of rotatable bonds is 4. The lowest BCUT2D eigenvalue weighted by atomic mass is 10.0. The quantitative estimate of drug-likeness (QED) is 0.500. The van der Waals surface area contributed by atoms with E-state index >= 15 is 0 Å². The van der Waals surface area contributed by atoms with Crippen molar-refractivity contribution in [2.45, 2.75) is 26.8 Å². The molecule has 186 valence electrons. The number of imide groups is 1. The standard InChI is InChI=1S/C28H23N3O5S/c1-4-36-27(35)22-16(2)29-28-31(21(22)15-14-18-10-6-5-7-11-18)26(34)24(37-28)23-19-12-8-9-13-20(19)30(17(3)32)25(23)33/h5-15,21H,4H2,1-3H3. The summed E-state index contributed by atoms with van der Waals surface area (Å²) in [7, 11) is 0. The van der Waals surface area contributed by atoms with Crippen LogP contribution in [0.15, 0.2) is 81.7 Å². The van der Waals surface area contributed by atoms with Gasteiger partial charge in [-0.2, -0.15) is 0 Å². The predicted molar refractivity (Wildman–Crippen MR) is 140 cm³/mol. The molecular formula is C28H23N3O5S. The van der Waals surface area contributed by atoms with Gasteiger partial charge in [0, 0.05) is 12.5 Å². The van der Waals surface area contributed by atoms with Gasteiger partial charge in [0.1, 0.15) is 4.53 Å². The predicted octanol–water partition coefficient (Wildman–Crippen LogP) is 2.73. The number of thiazole rings is 1. The van der Waals surface area contributed by atoms with Crippen molar-refractivity contribution in [2.24, 2.45) is 4.99 Å². The molecule has 3 heterocycles. The van der Waals surface area contributed by atoms with E-state index in [1.807, 2.05) is 36.4 Å². The number of para-hydroxylation sites is 1. The molecule has 1 atom stereocenters. The van der Waals surface area contributed by atoms with Gasteiger partial charge in [-0.25, -0.2) is 14.7 Å². The van der Waals surface area contributed by atoms with E-state index in [1.54, 1.807) is 44.2 Å². The molecular weight excluding hydrogens is 490 g/mol. The molecule has 2 aliphatic heterocycles. The lowest BCUT2D eigenvalue weighted by Crippen LogP contribution is -2.40. The van der Waals surface area contributed by atoms with E-state index < -0.39 is 29.4 Å². The van der Waals surface area contributed by atoms with E-state index in [1.165, 1.54) is 11.5 Å². The number of allylic oxidation sites excluding steroid dienone is 2. The molecule has 2 aliphatic rings. The summed E-state index contributed by atoms with van der Waals surface area (Å²) in [6, 6.07) is 15.6. The number of carbonyl (C=O) groups excluding carboxylic acids is 3. The van der Waals surface area contributed by atoms with Crippen molar-refractivity contribution >= 4 is 46.5 Å². The van der Waals surface area contributed by atoms with Gasteiger partial charge in [-0.05, 0) is 25.5 Å². The Morgan fingerprint density at radius 1 is 1.08 bits per heavy atom. The van der Waals surface area contributed by atoms with Crippen LogP contribution in [0.5, 0.6) is 0 Å². The average molecular weight is 514 g/mol. The Balaban J connectivity index is 1.77. The Labute approximate surface area is 216 Å². The molecule has 3 aromatic rings. The van der Waals surface area contributed by atoms with Crippen LogP contribution in [0.25, 0.3) is 11.6 Å². The highest BCUT2D eigenvalue weighted by Crippen LogP contribution is 2.35. The van der Waals surface area contributed by atoms with E-state index in [0.29, 0.717) is 21.7 Å². The second-order valence-corrected chi connectivity index (χ2v) is 9.46. The van der Waals surface area contributed by atoms with Gasteiger partial charge in [-0.1, -0.05) is 72.0 Å². The fraction of sp³-hybridized carbons (Fsp3) is 0.179. The zero-order valence-corrected chi connectivity index (χ0v) is 21.2. The molecule has 2 amide bonds. The zero-order chi connectivity index (χ0) is 26.3. The number of anilines is 1. The van der Waals surface area contributed by atoms with E-state index in [0.717, 1.165) is 21.8 Å². The molecule has 0 spiro atoms. The Morgan fingerprint density at radius 3 is 2.49 bits per heavy atom. The molecule has 5 rings (SSSR count). The fourth-order valence-electron chi connectivity index (χ4n) is 4.58. The number of hydrogen-bond acceptors (Lipinski definition) is 7. The summed E-state index contributed by atoms with van der Waals surface area (Å²) in [6.07, 6.45) is 3.59. The molecule has 1 aromatic heterocycles. The van der Waals surface area contributed by atoms with Crippen LogP contribution in [-0.4, -0.2) is 29.0 Å². The van der Waals surface area contributed by atoms with Crippen molar-refractivity contribution in [1.29, 1.82) is 0 Å². The maximum Gasteiger partial charge on any atom is 0.338 e. The SMILES string of the molecule is CCOC(=O)C1=C(C)N=c2sc(=C3C(=O)N(C(C)=O)c4ccccc43)c(=O)n2C1C=Cc1ccccc1. The lowest BCUT2D eigenvalue weighted by Gasteiger charge is -2.21. The van der Waals surface area contributed by atoms with Crippen molar-refractivity contribution in [2.75, 3.05) is 11.5 Å². The first-order valence-electron chi connectivity index (χ1n) is 11.7. The molecule has 0 saturated heterocycles. The molecule has 0 fully saturated rings. The number of aromatic nitrogens is 1. The lowest BCUT2D eigenvalue weighted by molar-refractivity contribution is -0.139. The van der Waals surface area contributed by atoms with E-state index in [2.05, 4.69) is 4.99 Å². The number of benzene rings is 2. The summed E-state index contributed by atoms with van der Waals surface area (Å²) in [5, 5.41) is 0. The van der Waals surface area contributed by atoms with Crippen LogP contribution in [0.1, 0.15) is 37.9 Å². The number of fused-ring (bicyclic) bond motifs is 2. The average Bonchev–Trinajstić information content (AvgIpc) is 3.35. The number of nitrogens with zero attached hydrogens (tertiary/aromatic N) is 3. The number of hydrogen-bond donors (Lipinski definition) is 0. The van der Waals surface area contributed by atoms with Crippen molar-refractivity contribution in [1.82, 2.24) is 4.57 Å². The molecule has 0 saturated carbocycles. The molecule has 9 heteroatoms. The maximum atomic E-state index is 13.9. The van der Waals surface area contributed by atoms with Crippen molar-refractivity contribution in [3.63, 3.8) is 0 Å². The summed E-state index contributed by atoms with van der Waals surface area (Å²) >= 11 is 1.06. The van der Waals surface area contributed by atoms with Gasteiger partial charge in [-0.3, -0.25) is 19.0 Å². The number of ether oxygens (including phenoxy) is 1. The zero-order valence-electron chi connectivity index (χ0n) is 20.4. The van der Waals surface area contributed by atoms with Gasteiger partial charge in [0.25, 0.3) is 11.5 Å². The van der Waals surface area contributed by atoms with Gasteiger partial charge in [0.05, 0.1) is 35.2 Å². The van der Waals surface area contributed by atoms with E-state index in [4.69, 9.17) is 4.74 Å². The normalized spacial score (nSPS) is 18.1. The summed E-state index contributed by atoms with van der Waals surface area (Å²) in [6.45, 7) is 4.89. The highest BCUT2D eigenvalue weighted by molar-refractivity contribution is 7.07. The first kappa shape index (κ1) is 24.3. The Morgan fingerprint density at radius 2 is 1.78 bits per heavy atom. The van der Waals surface area contributed by atoms with Crippen LogP contribution in [0, 0.1) is 0 Å². The maximum absolute atomic E-state index is 13.9. The van der Waals surface area contributed by atoms with Crippen molar-refractivity contribution in [3.8, 4) is 0 Å². The first-order valence-corrected chi connectivity index (χ1v) is 12.5. The third-order valence-electron chi connectivity index (χ3n) is 6.18. The summed E-state index contributed by atoms with van der Waals surface area (Å²) in [5.74, 6) is -1.56. The van der Waals surface area contributed by atoms with Crippen LogP contribution < -0.4 is 19.8 Å². The molecule has 2 aromatic carbocycles. The summed E-state index contributed by atoms with van der Waals surface area (Å²) in [4.78, 5) is 58.5. The first-order chi connectivity index (χ1) is 17.8. The smallest absolute Gasteiger partial charge is 0.338 e. The second-order valence-electron chi connectivity index (χ2n) is 8.49. The number of esters is 1. The Bertz CT molecular complexity index is 1700. The topological polar surface area (TPSA) is 98.0 Å². The van der Waals surface area contributed by atoms with E-state index in [9.17, 15) is 19.2 Å². The molecule has 0 radical (unpaired) electrons. The number of carbonyl (C=O) groups is 3. The second kappa shape index (κ2) is 9.59. The fourth-order valence-corrected chi connectivity index (χ4v) is 5.73. The van der Waals surface area contributed by atoms with Gasteiger partial charge in [0.15, 0.2) is 4.80 Å². The molecule has 0 aliphatic carbocycles. The minimum absolute atomic E-state index is 0.152. The molecule has 0 bridgehead atoms.